The lowest BCUT2D eigenvalue weighted by atomic mass is 9.87. The van der Waals surface area contributed by atoms with E-state index >= 15 is 0 Å². The first-order valence-corrected chi connectivity index (χ1v) is 12.8. The minimum atomic E-state index is -4.62. The Hall–Kier alpha value is -4.19. The quantitative estimate of drug-likeness (QED) is 0.262. The first kappa shape index (κ1) is 27.4. The Morgan fingerprint density at radius 1 is 1.02 bits per heavy atom. The highest BCUT2D eigenvalue weighted by molar-refractivity contribution is 5.92. The van der Waals surface area contributed by atoms with Gasteiger partial charge in [-0.2, -0.15) is 13.2 Å². The van der Waals surface area contributed by atoms with Crippen molar-refractivity contribution in [2.75, 3.05) is 19.6 Å². The van der Waals surface area contributed by atoms with Gasteiger partial charge in [-0.15, -0.1) is 0 Å². The predicted molar refractivity (Wildman–Crippen MR) is 141 cm³/mol. The molecule has 3 heterocycles. The van der Waals surface area contributed by atoms with Crippen molar-refractivity contribution in [2.45, 2.75) is 37.5 Å². The molecular formula is C28H27F4N5O3. The Kier molecular flexibility index (Phi) is 7.37. The van der Waals surface area contributed by atoms with E-state index in [1.165, 1.54) is 29.0 Å². The van der Waals surface area contributed by atoms with E-state index in [-0.39, 0.29) is 35.7 Å². The maximum atomic E-state index is 13.7. The van der Waals surface area contributed by atoms with E-state index in [0.29, 0.717) is 32.4 Å². The molecule has 40 heavy (non-hydrogen) atoms. The number of benzene rings is 2. The number of piperidine rings is 1. The van der Waals surface area contributed by atoms with Gasteiger partial charge in [0.05, 0.1) is 11.1 Å². The van der Waals surface area contributed by atoms with Crippen molar-refractivity contribution in [1.29, 1.82) is 0 Å². The van der Waals surface area contributed by atoms with Gasteiger partial charge in [0.15, 0.2) is 5.43 Å². The fourth-order valence-electron chi connectivity index (χ4n) is 5.18. The Labute approximate surface area is 225 Å². The van der Waals surface area contributed by atoms with Crippen LogP contribution in [0.15, 0.2) is 59.7 Å². The number of H-pyrrole nitrogens is 1. The van der Waals surface area contributed by atoms with Crippen molar-refractivity contribution < 1.29 is 27.2 Å². The van der Waals surface area contributed by atoms with E-state index in [0.717, 1.165) is 34.7 Å². The topological polar surface area (TPSA) is 108 Å². The van der Waals surface area contributed by atoms with Gasteiger partial charge in [-0.1, -0.05) is 0 Å². The van der Waals surface area contributed by atoms with Crippen LogP contribution >= 0.6 is 0 Å². The van der Waals surface area contributed by atoms with Crippen molar-refractivity contribution in [3.8, 4) is 0 Å². The molecule has 0 spiro atoms. The smallest absolute Gasteiger partial charge is 0.361 e. The molecule has 2 amide bonds. The van der Waals surface area contributed by atoms with Crippen LogP contribution in [0.2, 0.25) is 0 Å². The summed E-state index contributed by atoms with van der Waals surface area (Å²) < 4.78 is 54.9. The van der Waals surface area contributed by atoms with Gasteiger partial charge in [0.1, 0.15) is 17.9 Å². The molecule has 8 nitrogen and oxygen atoms in total. The summed E-state index contributed by atoms with van der Waals surface area (Å²) in [5.41, 5.74) is -1.04. The molecule has 4 aromatic rings. The molecule has 0 saturated carbocycles. The molecule has 1 aliphatic rings. The molecule has 0 aliphatic carbocycles. The van der Waals surface area contributed by atoms with Crippen molar-refractivity contribution in [3.63, 3.8) is 0 Å². The van der Waals surface area contributed by atoms with Gasteiger partial charge < -0.3 is 25.5 Å². The second-order valence-corrected chi connectivity index (χ2v) is 9.93. The third-order valence-corrected chi connectivity index (χ3v) is 7.30. The van der Waals surface area contributed by atoms with Crippen LogP contribution in [0.5, 0.6) is 0 Å². The molecule has 1 aliphatic heterocycles. The summed E-state index contributed by atoms with van der Waals surface area (Å²) in [5.74, 6) is -1.32. The van der Waals surface area contributed by atoms with Gasteiger partial charge in [0, 0.05) is 41.3 Å². The molecule has 1 saturated heterocycles. The number of nitrogens with one attached hydrogen (secondary N) is 4. The molecule has 2 aromatic heterocycles. The standard InChI is InChI=1S/C28H27F4N5O3/c29-19-2-4-22-21(14-19)17(15-35-22)5-9-34-26(40)27(7-10-33-11-8-27)36-25(39)16-37-12-6-24(38)20-3-1-18(13-23(20)37)28(30,31)32/h1-4,6,12-15,33,35H,5,7-11,16H2,(H,34,40)(H,36,39). The average Bonchev–Trinajstić information content (AvgIpc) is 3.32. The highest BCUT2D eigenvalue weighted by Crippen LogP contribution is 2.31. The zero-order valence-electron chi connectivity index (χ0n) is 21.3. The second kappa shape index (κ2) is 10.8. The lowest BCUT2D eigenvalue weighted by molar-refractivity contribution is -0.137. The number of nitrogens with zero attached hydrogens (tertiary/aromatic N) is 1. The van der Waals surface area contributed by atoms with E-state index in [9.17, 15) is 31.9 Å². The van der Waals surface area contributed by atoms with Crippen LogP contribution in [0.4, 0.5) is 17.6 Å². The average molecular weight is 558 g/mol. The monoisotopic (exact) mass is 557 g/mol. The summed E-state index contributed by atoms with van der Waals surface area (Å²) in [7, 11) is 0. The lowest BCUT2D eigenvalue weighted by Crippen LogP contribution is -2.63. The van der Waals surface area contributed by atoms with Crippen LogP contribution in [-0.2, 0) is 28.7 Å². The number of rotatable bonds is 7. The van der Waals surface area contributed by atoms with E-state index < -0.39 is 28.6 Å². The van der Waals surface area contributed by atoms with Gasteiger partial charge in [0.25, 0.3) is 0 Å². The van der Waals surface area contributed by atoms with Crippen molar-refractivity contribution in [1.82, 2.24) is 25.5 Å². The Bertz CT molecular complexity index is 1640. The molecule has 0 atom stereocenters. The molecule has 210 valence electrons. The van der Waals surface area contributed by atoms with Crippen molar-refractivity contribution in [3.05, 3.63) is 82.0 Å². The SMILES string of the molecule is O=C(Cn1ccc(=O)c2ccc(C(F)(F)F)cc21)NC1(C(=O)NCCc2c[nH]c3ccc(F)cc23)CCNCC1. The van der Waals surface area contributed by atoms with Crippen LogP contribution in [0.25, 0.3) is 21.8 Å². The molecule has 2 aromatic carbocycles. The number of carbonyl (C=O) groups excluding carboxylic acids is 2. The van der Waals surface area contributed by atoms with Crippen molar-refractivity contribution in [2.24, 2.45) is 0 Å². The number of hydrogen-bond acceptors (Lipinski definition) is 4. The third-order valence-electron chi connectivity index (χ3n) is 7.30. The van der Waals surface area contributed by atoms with E-state index in [2.05, 4.69) is 20.9 Å². The van der Waals surface area contributed by atoms with Gasteiger partial charge >= 0.3 is 6.18 Å². The number of alkyl halides is 3. The maximum Gasteiger partial charge on any atom is 0.416 e. The third kappa shape index (κ3) is 5.57. The number of amides is 2. The van der Waals surface area contributed by atoms with Crippen LogP contribution in [0.3, 0.4) is 0 Å². The van der Waals surface area contributed by atoms with E-state index in [4.69, 9.17) is 0 Å². The molecule has 1 fully saturated rings. The molecule has 12 heteroatoms. The maximum absolute atomic E-state index is 13.7. The minimum absolute atomic E-state index is 0.0311. The predicted octanol–water partition coefficient (Wildman–Crippen LogP) is 3.24. The van der Waals surface area contributed by atoms with Gasteiger partial charge in [-0.25, -0.2) is 4.39 Å². The molecule has 0 bridgehead atoms. The highest BCUT2D eigenvalue weighted by atomic mass is 19.4. The van der Waals surface area contributed by atoms with Crippen LogP contribution < -0.4 is 21.4 Å². The van der Waals surface area contributed by atoms with Gasteiger partial charge in [-0.3, -0.25) is 14.4 Å². The minimum Gasteiger partial charge on any atom is -0.361 e. The Morgan fingerprint density at radius 2 is 1.80 bits per heavy atom. The molecule has 0 unspecified atom stereocenters. The Morgan fingerprint density at radius 3 is 2.55 bits per heavy atom. The zero-order chi connectivity index (χ0) is 28.5. The summed E-state index contributed by atoms with van der Waals surface area (Å²) in [6.45, 7) is 0.815. The number of pyridine rings is 1. The number of halogens is 4. The second-order valence-electron chi connectivity index (χ2n) is 9.93. The summed E-state index contributed by atoms with van der Waals surface area (Å²) in [6.07, 6.45) is -0.535. The summed E-state index contributed by atoms with van der Waals surface area (Å²) >= 11 is 0. The largest absolute Gasteiger partial charge is 0.416 e. The summed E-state index contributed by atoms with van der Waals surface area (Å²) in [4.78, 5) is 41.8. The van der Waals surface area contributed by atoms with Crippen molar-refractivity contribution >= 4 is 33.6 Å². The van der Waals surface area contributed by atoms with Crippen LogP contribution in [0, 0.1) is 5.82 Å². The molecule has 0 radical (unpaired) electrons. The lowest BCUT2D eigenvalue weighted by Gasteiger charge is -2.37. The summed E-state index contributed by atoms with van der Waals surface area (Å²) in [5, 5.41) is 9.63. The first-order chi connectivity index (χ1) is 19.1. The first-order valence-electron chi connectivity index (χ1n) is 12.8. The van der Waals surface area contributed by atoms with Gasteiger partial charge in [-0.05, 0) is 74.3 Å². The van der Waals surface area contributed by atoms with E-state index in [1.807, 2.05) is 0 Å². The van der Waals surface area contributed by atoms with Crippen LogP contribution in [-0.4, -0.2) is 46.5 Å². The molecule has 4 N–H and O–H groups in total. The highest BCUT2D eigenvalue weighted by Gasteiger charge is 2.40. The molecular weight excluding hydrogens is 530 g/mol. The van der Waals surface area contributed by atoms with Gasteiger partial charge in [0.2, 0.25) is 11.8 Å². The Balaban J connectivity index is 1.31. The van der Waals surface area contributed by atoms with E-state index in [1.54, 1.807) is 12.3 Å². The number of aromatic nitrogens is 2. The zero-order valence-corrected chi connectivity index (χ0v) is 21.3. The fraction of sp³-hybridized carbons (Fsp3) is 0.321. The van der Waals surface area contributed by atoms with Crippen LogP contribution in [0.1, 0.15) is 24.0 Å². The fourth-order valence-corrected chi connectivity index (χ4v) is 5.18. The number of hydrogen-bond donors (Lipinski definition) is 4. The number of carbonyl (C=O) groups is 2. The number of fused-ring (bicyclic) bond motifs is 2. The summed E-state index contributed by atoms with van der Waals surface area (Å²) in [6, 6.07) is 8.38. The number of aromatic amines is 1. The molecule has 5 rings (SSSR count). The normalized spacial score (nSPS) is 15.3.